The molecule has 1 aromatic carbocycles. The van der Waals surface area contributed by atoms with Crippen molar-refractivity contribution in [1.29, 1.82) is 0 Å². The third-order valence-electron chi connectivity index (χ3n) is 2.73. The van der Waals surface area contributed by atoms with E-state index in [0.29, 0.717) is 19.6 Å². The third kappa shape index (κ3) is 6.70. The number of nitrogens with one attached hydrogen (secondary N) is 1. The Labute approximate surface area is 132 Å². The summed E-state index contributed by atoms with van der Waals surface area (Å²) in [5.74, 6) is -0.974. The van der Waals surface area contributed by atoms with Crippen molar-refractivity contribution in [1.82, 2.24) is 5.32 Å². The van der Waals surface area contributed by atoms with Gasteiger partial charge in [-0.2, -0.15) is 0 Å². The van der Waals surface area contributed by atoms with Crippen LogP contribution in [0.4, 0.5) is 0 Å². The van der Waals surface area contributed by atoms with E-state index in [1.54, 1.807) is 7.11 Å². The van der Waals surface area contributed by atoms with E-state index >= 15 is 0 Å². The molecule has 0 aliphatic heterocycles. The fourth-order valence-corrected chi connectivity index (χ4v) is 2.10. The number of primary amides is 1. The van der Waals surface area contributed by atoms with E-state index in [4.69, 9.17) is 15.2 Å². The molecular weight excluding hydrogens is 340 g/mol. The van der Waals surface area contributed by atoms with E-state index in [1.807, 2.05) is 24.3 Å². The maximum Gasteiger partial charge on any atom is 0.246 e. The fourth-order valence-electron chi connectivity index (χ4n) is 1.65. The highest BCUT2D eigenvalue weighted by atomic mass is 79.9. The standard InChI is InChI=1S/C14H19BrN2O4/c1-20-6-7-21-9-13(18)17-12(14(16)19)8-10-4-2-3-5-11(10)15/h2-5,12H,6-9H2,1H3,(H2,16,19)(H,17,18)/t12-/m1/s1. The Kier molecular flexibility index (Phi) is 7.96. The first-order valence-corrected chi connectivity index (χ1v) is 7.22. The Hall–Kier alpha value is -1.44. The van der Waals surface area contributed by atoms with Crippen LogP contribution in [0.25, 0.3) is 0 Å². The van der Waals surface area contributed by atoms with Crippen LogP contribution in [0.5, 0.6) is 0 Å². The summed E-state index contributed by atoms with van der Waals surface area (Å²) < 4.78 is 10.8. The molecule has 0 radical (unpaired) electrons. The number of nitrogens with two attached hydrogens (primary N) is 1. The van der Waals surface area contributed by atoms with Crippen molar-refractivity contribution in [3.8, 4) is 0 Å². The topological polar surface area (TPSA) is 90.7 Å². The van der Waals surface area contributed by atoms with Crippen LogP contribution in [0.2, 0.25) is 0 Å². The summed E-state index contributed by atoms with van der Waals surface area (Å²) in [6, 6.07) is 6.68. The molecule has 21 heavy (non-hydrogen) atoms. The van der Waals surface area contributed by atoms with Crippen molar-refractivity contribution in [2.45, 2.75) is 12.5 Å². The van der Waals surface area contributed by atoms with Crippen molar-refractivity contribution in [3.63, 3.8) is 0 Å². The van der Waals surface area contributed by atoms with Gasteiger partial charge >= 0.3 is 0 Å². The zero-order chi connectivity index (χ0) is 15.7. The molecular formula is C14H19BrN2O4. The van der Waals surface area contributed by atoms with Gasteiger partial charge in [-0.05, 0) is 11.6 Å². The minimum absolute atomic E-state index is 0.136. The zero-order valence-corrected chi connectivity index (χ0v) is 13.4. The van der Waals surface area contributed by atoms with Crippen molar-refractivity contribution in [2.24, 2.45) is 5.73 Å². The molecule has 6 nitrogen and oxygen atoms in total. The highest BCUT2D eigenvalue weighted by Crippen LogP contribution is 2.17. The van der Waals surface area contributed by atoms with Crippen LogP contribution in [0.3, 0.4) is 0 Å². The van der Waals surface area contributed by atoms with Crippen molar-refractivity contribution >= 4 is 27.7 Å². The van der Waals surface area contributed by atoms with E-state index in [0.717, 1.165) is 10.0 Å². The van der Waals surface area contributed by atoms with Crippen LogP contribution in [-0.2, 0) is 25.5 Å². The van der Waals surface area contributed by atoms with Gasteiger partial charge in [0, 0.05) is 18.0 Å². The molecule has 2 amide bonds. The molecule has 7 heteroatoms. The largest absolute Gasteiger partial charge is 0.382 e. The normalized spacial score (nSPS) is 11.9. The third-order valence-corrected chi connectivity index (χ3v) is 3.50. The summed E-state index contributed by atoms with van der Waals surface area (Å²) in [7, 11) is 1.55. The lowest BCUT2D eigenvalue weighted by Gasteiger charge is -2.16. The first kappa shape index (κ1) is 17.6. The molecule has 3 N–H and O–H groups in total. The van der Waals surface area contributed by atoms with E-state index < -0.39 is 11.9 Å². The fraction of sp³-hybridized carbons (Fsp3) is 0.429. The first-order chi connectivity index (χ1) is 10.0. The predicted molar refractivity (Wildman–Crippen MR) is 81.7 cm³/mol. The lowest BCUT2D eigenvalue weighted by Crippen LogP contribution is -2.47. The van der Waals surface area contributed by atoms with E-state index in [2.05, 4.69) is 21.2 Å². The quantitative estimate of drug-likeness (QED) is 0.633. The van der Waals surface area contributed by atoms with Gasteiger partial charge < -0.3 is 20.5 Å². The molecule has 0 bridgehead atoms. The Bertz CT molecular complexity index is 482. The summed E-state index contributed by atoms with van der Waals surface area (Å²) in [6.45, 7) is 0.585. The Morgan fingerprint density at radius 2 is 2.05 bits per heavy atom. The van der Waals surface area contributed by atoms with Gasteiger partial charge in [-0.1, -0.05) is 34.1 Å². The molecule has 0 saturated heterocycles. The molecule has 0 spiro atoms. The number of hydrogen-bond acceptors (Lipinski definition) is 4. The predicted octanol–water partition coefficient (Wildman–Crippen LogP) is 0.625. The molecule has 0 saturated carbocycles. The first-order valence-electron chi connectivity index (χ1n) is 6.43. The highest BCUT2D eigenvalue weighted by molar-refractivity contribution is 9.10. The van der Waals surface area contributed by atoms with Gasteiger partial charge in [0.05, 0.1) is 13.2 Å². The van der Waals surface area contributed by atoms with Crippen LogP contribution in [0.15, 0.2) is 28.7 Å². The van der Waals surface area contributed by atoms with Crippen LogP contribution >= 0.6 is 15.9 Å². The minimum Gasteiger partial charge on any atom is -0.382 e. The molecule has 1 aromatic rings. The average Bonchev–Trinajstić information content (AvgIpc) is 2.45. The van der Waals surface area contributed by atoms with Crippen LogP contribution in [-0.4, -0.2) is 44.8 Å². The molecule has 0 heterocycles. The number of rotatable bonds is 9. The number of carbonyl (C=O) groups excluding carboxylic acids is 2. The molecule has 0 aliphatic carbocycles. The number of benzene rings is 1. The van der Waals surface area contributed by atoms with E-state index in [-0.39, 0.29) is 12.5 Å². The Morgan fingerprint density at radius 3 is 2.67 bits per heavy atom. The molecule has 0 aromatic heterocycles. The maximum absolute atomic E-state index is 11.7. The number of halogens is 1. The average molecular weight is 359 g/mol. The summed E-state index contributed by atoms with van der Waals surface area (Å²) in [4.78, 5) is 23.2. The second-order valence-corrected chi connectivity index (χ2v) is 5.22. The summed E-state index contributed by atoms with van der Waals surface area (Å²) in [5, 5.41) is 2.57. The van der Waals surface area contributed by atoms with Crippen LogP contribution in [0.1, 0.15) is 5.56 Å². The lowest BCUT2D eigenvalue weighted by molar-refractivity contribution is -0.130. The summed E-state index contributed by atoms with van der Waals surface area (Å²) in [6.07, 6.45) is 0.320. The van der Waals surface area contributed by atoms with E-state index in [9.17, 15) is 9.59 Å². The molecule has 0 aliphatic rings. The lowest BCUT2D eigenvalue weighted by atomic mass is 10.1. The highest BCUT2D eigenvalue weighted by Gasteiger charge is 2.19. The number of carbonyl (C=O) groups is 2. The van der Waals surface area contributed by atoms with Gasteiger partial charge in [-0.15, -0.1) is 0 Å². The van der Waals surface area contributed by atoms with Gasteiger partial charge in [0.15, 0.2) is 0 Å². The minimum atomic E-state index is -0.776. The van der Waals surface area contributed by atoms with Crippen LogP contribution in [0, 0.1) is 0 Å². The van der Waals surface area contributed by atoms with Gasteiger partial charge in [0.1, 0.15) is 12.6 Å². The Morgan fingerprint density at radius 1 is 1.33 bits per heavy atom. The number of ether oxygens (including phenoxy) is 2. The van der Waals surface area contributed by atoms with Crippen molar-refractivity contribution in [2.75, 3.05) is 26.9 Å². The van der Waals surface area contributed by atoms with Crippen LogP contribution < -0.4 is 11.1 Å². The van der Waals surface area contributed by atoms with Crippen molar-refractivity contribution < 1.29 is 19.1 Å². The molecule has 1 atom stereocenters. The maximum atomic E-state index is 11.7. The molecule has 0 fully saturated rings. The molecule has 1 rings (SSSR count). The number of hydrogen-bond donors (Lipinski definition) is 2. The van der Waals surface area contributed by atoms with Gasteiger partial charge in [-0.25, -0.2) is 0 Å². The monoisotopic (exact) mass is 358 g/mol. The number of methoxy groups -OCH3 is 1. The van der Waals surface area contributed by atoms with E-state index in [1.165, 1.54) is 0 Å². The van der Waals surface area contributed by atoms with Gasteiger partial charge in [0.25, 0.3) is 0 Å². The van der Waals surface area contributed by atoms with Gasteiger partial charge in [0.2, 0.25) is 11.8 Å². The molecule has 116 valence electrons. The second-order valence-electron chi connectivity index (χ2n) is 4.36. The van der Waals surface area contributed by atoms with Gasteiger partial charge in [-0.3, -0.25) is 9.59 Å². The molecule has 0 unspecified atom stereocenters. The Balaban J connectivity index is 2.52. The van der Waals surface area contributed by atoms with Crippen molar-refractivity contribution in [3.05, 3.63) is 34.3 Å². The zero-order valence-electron chi connectivity index (χ0n) is 11.8. The SMILES string of the molecule is COCCOCC(=O)N[C@H](Cc1ccccc1Br)C(N)=O. The smallest absolute Gasteiger partial charge is 0.246 e. The summed E-state index contributed by atoms with van der Waals surface area (Å²) in [5.41, 5.74) is 6.22. The number of amides is 2. The second kappa shape index (κ2) is 9.49. The summed E-state index contributed by atoms with van der Waals surface area (Å²) >= 11 is 3.40.